The van der Waals surface area contributed by atoms with Crippen LogP contribution in [0.3, 0.4) is 0 Å². The Hall–Kier alpha value is -0.803. The largest absolute Gasteiger partial charge is 0.491 e. The molecule has 1 saturated heterocycles. The lowest BCUT2D eigenvalue weighted by molar-refractivity contribution is 0.242. The van der Waals surface area contributed by atoms with E-state index >= 15 is 0 Å². The van der Waals surface area contributed by atoms with Gasteiger partial charge in [-0.05, 0) is 32.4 Å². The second-order valence-corrected chi connectivity index (χ2v) is 6.57. The third-order valence-corrected chi connectivity index (χ3v) is 5.00. The Labute approximate surface area is 99.3 Å². The first-order valence-corrected chi connectivity index (χ1v) is 7.63. The Bertz CT molecular complexity index is 332. The van der Waals surface area contributed by atoms with Gasteiger partial charge in [0.15, 0.2) is 0 Å². The summed E-state index contributed by atoms with van der Waals surface area (Å²) in [6.07, 6.45) is 2.73. The Morgan fingerprint density at radius 2 is 2.06 bits per heavy atom. The number of rotatable bonds is 3. The Kier molecular flexibility index (Phi) is 4.02. The van der Waals surface area contributed by atoms with Gasteiger partial charge in [0.05, 0.1) is 6.10 Å². The van der Waals surface area contributed by atoms with Gasteiger partial charge in [-0.1, -0.05) is 24.6 Å². The summed E-state index contributed by atoms with van der Waals surface area (Å²) in [5.41, 5.74) is 0. The van der Waals surface area contributed by atoms with Crippen molar-refractivity contribution in [3.63, 3.8) is 0 Å². The van der Waals surface area contributed by atoms with Gasteiger partial charge in [0.1, 0.15) is 5.75 Å². The Morgan fingerprint density at radius 1 is 1.25 bits per heavy atom. The number of benzene rings is 1. The molecular weight excluding hydrogens is 216 g/mol. The maximum atomic E-state index is 5.91. The zero-order chi connectivity index (χ0) is 11.4. The SMILES string of the molecule is CC(C)Oc1ccccc1[Si]1CCCCO1. The van der Waals surface area contributed by atoms with Crippen molar-refractivity contribution in [2.45, 2.75) is 38.8 Å². The number of hydrogen-bond donors (Lipinski definition) is 0. The molecule has 1 fully saturated rings. The predicted molar refractivity (Wildman–Crippen MR) is 67.6 cm³/mol. The molecule has 1 heterocycles. The maximum absolute atomic E-state index is 5.91. The molecule has 2 rings (SSSR count). The van der Waals surface area contributed by atoms with Crippen LogP contribution in [0.25, 0.3) is 0 Å². The van der Waals surface area contributed by atoms with Crippen LogP contribution in [0.15, 0.2) is 24.3 Å². The molecule has 0 aromatic heterocycles. The first kappa shape index (κ1) is 11.7. The molecule has 0 bridgehead atoms. The summed E-state index contributed by atoms with van der Waals surface area (Å²) < 4.78 is 11.8. The van der Waals surface area contributed by atoms with Gasteiger partial charge in [-0.3, -0.25) is 0 Å². The van der Waals surface area contributed by atoms with E-state index in [1.54, 1.807) is 0 Å². The minimum Gasteiger partial charge on any atom is -0.491 e. The quantitative estimate of drug-likeness (QED) is 0.749. The van der Waals surface area contributed by atoms with E-state index < -0.39 is 9.04 Å². The van der Waals surface area contributed by atoms with Crippen LogP contribution in [0, 0.1) is 0 Å². The summed E-state index contributed by atoms with van der Waals surface area (Å²) in [5.74, 6) is 1.02. The lowest BCUT2D eigenvalue weighted by Crippen LogP contribution is -2.37. The lowest BCUT2D eigenvalue weighted by atomic mass is 10.3. The fourth-order valence-electron chi connectivity index (χ4n) is 1.92. The number of para-hydroxylation sites is 1. The van der Waals surface area contributed by atoms with Crippen LogP contribution in [-0.4, -0.2) is 21.8 Å². The van der Waals surface area contributed by atoms with Gasteiger partial charge in [-0.15, -0.1) is 0 Å². The fraction of sp³-hybridized carbons (Fsp3) is 0.538. The molecule has 1 aliphatic heterocycles. The molecule has 0 amide bonds. The first-order valence-electron chi connectivity index (χ1n) is 6.02. The van der Waals surface area contributed by atoms with E-state index in [9.17, 15) is 0 Å². The van der Waals surface area contributed by atoms with Crippen LogP contribution in [0.2, 0.25) is 6.04 Å². The van der Waals surface area contributed by atoms with Gasteiger partial charge in [0.25, 0.3) is 0 Å². The molecular formula is C13H19O2Si. The summed E-state index contributed by atoms with van der Waals surface area (Å²) in [7, 11) is -0.825. The Morgan fingerprint density at radius 3 is 2.75 bits per heavy atom. The van der Waals surface area contributed by atoms with E-state index in [0.29, 0.717) is 0 Å². The van der Waals surface area contributed by atoms with E-state index in [2.05, 4.69) is 32.0 Å². The van der Waals surface area contributed by atoms with Crippen molar-refractivity contribution < 1.29 is 9.16 Å². The standard InChI is InChI=1S/C13H19O2Si/c1-11(2)15-12-7-3-4-8-13(12)16-10-6-5-9-14-16/h3-4,7-8,11H,5-6,9-10H2,1-2H3. The first-order chi connectivity index (χ1) is 7.77. The van der Waals surface area contributed by atoms with Crippen LogP contribution in [0.4, 0.5) is 0 Å². The molecule has 0 aliphatic carbocycles. The third-order valence-electron chi connectivity index (χ3n) is 2.62. The minimum absolute atomic E-state index is 0.229. The van der Waals surface area contributed by atoms with Crippen LogP contribution < -0.4 is 9.92 Å². The second-order valence-electron chi connectivity index (χ2n) is 4.39. The molecule has 0 N–H and O–H groups in total. The van der Waals surface area contributed by atoms with Crippen molar-refractivity contribution in [3.8, 4) is 5.75 Å². The second kappa shape index (κ2) is 5.50. The van der Waals surface area contributed by atoms with Crippen molar-refractivity contribution >= 4 is 14.2 Å². The number of ether oxygens (including phenoxy) is 1. The monoisotopic (exact) mass is 235 g/mol. The molecule has 0 saturated carbocycles. The zero-order valence-corrected chi connectivity index (χ0v) is 11.0. The van der Waals surface area contributed by atoms with Gasteiger partial charge < -0.3 is 9.16 Å². The topological polar surface area (TPSA) is 18.5 Å². The van der Waals surface area contributed by atoms with Crippen LogP contribution in [0.5, 0.6) is 5.75 Å². The highest BCUT2D eigenvalue weighted by Crippen LogP contribution is 2.17. The average molecular weight is 235 g/mol. The molecule has 0 spiro atoms. The van der Waals surface area contributed by atoms with Gasteiger partial charge >= 0.3 is 0 Å². The van der Waals surface area contributed by atoms with Crippen LogP contribution >= 0.6 is 0 Å². The number of hydrogen-bond acceptors (Lipinski definition) is 2. The van der Waals surface area contributed by atoms with Crippen molar-refractivity contribution in [2.24, 2.45) is 0 Å². The van der Waals surface area contributed by atoms with E-state index in [1.807, 2.05) is 6.07 Å². The van der Waals surface area contributed by atoms with E-state index in [1.165, 1.54) is 24.1 Å². The maximum Gasteiger partial charge on any atom is 0.250 e. The highest BCUT2D eigenvalue weighted by molar-refractivity contribution is 6.68. The highest BCUT2D eigenvalue weighted by atomic mass is 28.3. The van der Waals surface area contributed by atoms with Crippen molar-refractivity contribution in [1.82, 2.24) is 0 Å². The summed E-state index contributed by atoms with van der Waals surface area (Å²) >= 11 is 0. The molecule has 1 aromatic carbocycles. The molecule has 2 nitrogen and oxygen atoms in total. The van der Waals surface area contributed by atoms with E-state index in [4.69, 9.17) is 9.16 Å². The van der Waals surface area contributed by atoms with Crippen molar-refractivity contribution in [3.05, 3.63) is 24.3 Å². The third kappa shape index (κ3) is 2.86. The molecule has 3 heteroatoms. The summed E-state index contributed by atoms with van der Waals surface area (Å²) in [5, 5.41) is 1.31. The molecule has 1 radical (unpaired) electrons. The predicted octanol–water partition coefficient (Wildman–Crippen LogP) is 2.48. The van der Waals surface area contributed by atoms with E-state index in [-0.39, 0.29) is 6.10 Å². The van der Waals surface area contributed by atoms with Gasteiger partial charge in [-0.25, -0.2) is 0 Å². The summed E-state index contributed by atoms with van der Waals surface area (Å²) in [6, 6.07) is 9.55. The molecule has 87 valence electrons. The van der Waals surface area contributed by atoms with Crippen LogP contribution in [0.1, 0.15) is 26.7 Å². The smallest absolute Gasteiger partial charge is 0.250 e. The van der Waals surface area contributed by atoms with Crippen molar-refractivity contribution in [2.75, 3.05) is 6.61 Å². The minimum atomic E-state index is -0.825. The normalized spacial score (nSPS) is 17.7. The zero-order valence-electron chi connectivity index (χ0n) is 10.0. The fourth-order valence-corrected chi connectivity index (χ4v) is 4.15. The summed E-state index contributed by atoms with van der Waals surface area (Å²) in [4.78, 5) is 0. The van der Waals surface area contributed by atoms with E-state index in [0.717, 1.165) is 12.4 Å². The molecule has 0 atom stereocenters. The lowest BCUT2D eigenvalue weighted by Gasteiger charge is -2.23. The average Bonchev–Trinajstić information content (AvgIpc) is 2.30. The van der Waals surface area contributed by atoms with Crippen molar-refractivity contribution in [1.29, 1.82) is 0 Å². The molecule has 1 aromatic rings. The van der Waals surface area contributed by atoms with Gasteiger partial charge in [0.2, 0.25) is 9.04 Å². The molecule has 16 heavy (non-hydrogen) atoms. The van der Waals surface area contributed by atoms with Crippen LogP contribution in [-0.2, 0) is 4.43 Å². The van der Waals surface area contributed by atoms with Gasteiger partial charge in [-0.2, -0.15) is 0 Å². The summed E-state index contributed by atoms with van der Waals surface area (Å²) in [6.45, 7) is 5.05. The highest BCUT2D eigenvalue weighted by Gasteiger charge is 2.23. The molecule has 1 aliphatic rings. The molecule has 0 unspecified atom stereocenters. The van der Waals surface area contributed by atoms with Gasteiger partial charge in [0, 0.05) is 11.8 Å². The Balaban J connectivity index is 2.17.